The molecule has 3 heteroatoms. The van der Waals surface area contributed by atoms with Crippen LogP contribution in [0.15, 0.2) is 17.5 Å². The highest BCUT2D eigenvalue weighted by Gasteiger charge is 2.02. The quantitative estimate of drug-likeness (QED) is 0.711. The van der Waals surface area contributed by atoms with Crippen LogP contribution in [0.4, 0.5) is 0 Å². The number of Topliss-reactive ketones (excluding diaryl/α,β-unsaturated/α-hetero) is 1. The van der Waals surface area contributed by atoms with Crippen molar-refractivity contribution in [1.29, 1.82) is 0 Å². The van der Waals surface area contributed by atoms with Gasteiger partial charge in [-0.25, -0.2) is 0 Å². The Labute approximate surface area is 97.7 Å². The van der Waals surface area contributed by atoms with Crippen LogP contribution in [0, 0.1) is 0 Å². The van der Waals surface area contributed by atoms with Gasteiger partial charge in [-0.3, -0.25) is 0 Å². The Morgan fingerprint density at radius 3 is 2.93 bits per heavy atom. The summed E-state index contributed by atoms with van der Waals surface area (Å²) in [5.74, 6) is 0.308. The van der Waals surface area contributed by atoms with Crippen LogP contribution in [0.3, 0.4) is 0 Å². The molecule has 1 nitrogen and oxygen atoms in total. The second-order valence-electron chi connectivity index (χ2n) is 3.77. The maximum atomic E-state index is 10.8. The third-order valence-corrected chi connectivity index (χ3v) is 4.55. The van der Waals surface area contributed by atoms with Crippen LogP contribution in [0.5, 0.6) is 0 Å². The van der Waals surface area contributed by atoms with Gasteiger partial charge in [-0.05, 0) is 43.7 Å². The zero-order valence-corrected chi connectivity index (χ0v) is 10.4. The van der Waals surface area contributed by atoms with E-state index in [1.807, 2.05) is 22.7 Å². The number of thiophene rings is 2. The Kier molecular flexibility index (Phi) is 3.54. The first-order valence-electron chi connectivity index (χ1n) is 5.21. The van der Waals surface area contributed by atoms with Gasteiger partial charge in [0.2, 0.25) is 0 Å². The first-order chi connectivity index (χ1) is 7.25. The molecule has 0 N–H and O–H groups in total. The molecule has 0 aliphatic rings. The summed E-state index contributed by atoms with van der Waals surface area (Å²) in [7, 11) is 0. The third-order valence-electron chi connectivity index (χ3n) is 2.39. The summed E-state index contributed by atoms with van der Waals surface area (Å²) >= 11 is 3.70. The second-order valence-corrected chi connectivity index (χ2v) is 5.89. The van der Waals surface area contributed by atoms with Crippen LogP contribution >= 0.6 is 22.7 Å². The van der Waals surface area contributed by atoms with E-state index in [4.69, 9.17) is 0 Å². The Morgan fingerprint density at radius 2 is 2.20 bits per heavy atom. The standard InChI is InChI=1S/C12H14OS2/c1-9(13)4-2-3-5-10-8-12-11(15-10)6-7-14-12/h6-8H,2-5H2,1H3. The summed E-state index contributed by atoms with van der Waals surface area (Å²) in [6.07, 6.45) is 4.02. The van der Waals surface area contributed by atoms with Gasteiger partial charge in [0.1, 0.15) is 5.78 Å². The Morgan fingerprint density at radius 1 is 1.33 bits per heavy atom. The van der Waals surface area contributed by atoms with E-state index < -0.39 is 0 Å². The Bertz CT molecular complexity index is 424. The molecule has 0 saturated carbocycles. The number of hydrogen-bond donors (Lipinski definition) is 0. The molecule has 2 rings (SSSR count). The molecule has 15 heavy (non-hydrogen) atoms. The van der Waals surface area contributed by atoms with Crippen LogP contribution in [-0.2, 0) is 11.2 Å². The predicted molar refractivity (Wildman–Crippen MR) is 67.9 cm³/mol. The van der Waals surface area contributed by atoms with Crippen molar-refractivity contribution in [3.05, 3.63) is 22.4 Å². The molecular weight excluding hydrogens is 224 g/mol. The summed E-state index contributed by atoms with van der Waals surface area (Å²) < 4.78 is 2.81. The molecule has 0 amide bonds. The van der Waals surface area contributed by atoms with Gasteiger partial charge in [-0.2, -0.15) is 0 Å². The predicted octanol–water partition coefficient (Wildman–Crippen LogP) is 4.26. The maximum absolute atomic E-state index is 10.8. The minimum absolute atomic E-state index is 0.308. The van der Waals surface area contributed by atoms with Crippen molar-refractivity contribution in [2.45, 2.75) is 32.6 Å². The summed E-state index contributed by atoms with van der Waals surface area (Å²) in [4.78, 5) is 12.2. The molecule has 0 radical (unpaired) electrons. The van der Waals surface area contributed by atoms with Crippen LogP contribution in [-0.4, -0.2) is 5.78 Å². The Hall–Kier alpha value is -0.670. The van der Waals surface area contributed by atoms with E-state index in [1.54, 1.807) is 6.92 Å². The lowest BCUT2D eigenvalue weighted by Crippen LogP contribution is -1.90. The lowest BCUT2D eigenvalue weighted by atomic mass is 10.1. The summed E-state index contributed by atoms with van der Waals surface area (Å²) in [6, 6.07) is 4.47. The highest BCUT2D eigenvalue weighted by atomic mass is 32.1. The lowest BCUT2D eigenvalue weighted by molar-refractivity contribution is -0.117. The van der Waals surface area contributed by atoms with Gasteiger partial charge in [0.05, 0.1) is 0 Å². The smallest absolute Gasteiger partial charge is 0.129 e. The third kappa shape index (κ3) is 2.89. The van der Waals surface area contributed by atoms with E-state index >= 15 is 0 Å². The molecular formula is C12H14OS2. The summed E-state index contributed by atoms with van der Waals surface area (Å²) in [5, 5.41) is 2.14. The lowest BCUT2D eigenvalue weighted by Gasteiger charge is -1.95. The van der Waals surface area contributed by atoms with Crippen molar-refractivity contribution in [3.8, 4) is 0 Å². The van der Waals surface area contributed by atoms with Gasteiger partial charge in [-0.15, -0.1) is 22.7 Å². The maximum Gasteiger partial charge on any atom is 0.129 e. The van der Waals surface area contributed by atoms with E-state index in [-0.39, 0.29) is 0 Å². The van der Waals surface area contributed by atoms with Gasteiger partial charge < -0.3 is 4.79 Å². The van der Waals surface area contributed by atoms with E-state index in [9.17, 15) is 4.79 Å². The van der Waals surface area contributed by atoms with Gasteiger partial charge in [0, 0.05) is 20.7 Å². The minimum Gasteiger partial charge on any atom is -0.300 e. The fourth-order valence-corrected chi connectivity index (χ4v) is 3.79. The average Bonchev–Trinajstić information content (AvgIpc) is 2.71. The van der Waals surface area contributed by atoms with Gasteiger partial charge >= 0.3 is 0 Å². The molecule has 2 heterocycles. The zero-order chi connectivity index (χ0) is 10.7. The number of carbonyl (C=O) groups is 1. The van der Waals surface area contributed by atoms with E-state index in [0.29, 0.717) is 5.78 Å². The second kappa shape index (κ2) is 4.90. The van der Waals surface area contributed by atoms with Crippen molar-refractivity contribution >= 4 is 37.9 Å². The van der Waals surface area contributed by atoms with Crippen molar-refractivity contribution < 1.29 is 4.79 Å². The molecule has 0 aromatic carbocycles. The van der Waals surface area contributed by atoms with Crippen molar-refractivity contribution in [2.75, 3.05) is 0 Å². The topological polar surface area (TPSA) is 17.1 Å². The van der Waals surface area contributed by atoms with Crippen LogP contribution < -0.4 is 0 Å². The molecule has 2 aromatic heterocycles. The van der Waals surface area contributed by atoms with Crippen LogP contribution in [0.2, 0.25) is 0 Å². The number of unbranched alkanes of at least 4 members (excludes halogenated alkanes) is 1. The van der Waals surface area contributed by atoms with Crippen molar-refractivity contribution in [2.24, 2.45) is 0 Å². The normalized spacial score (nSPS) is 11.0. The van der Waals surface area contributed by atoms with Crippen molar-refractivity contribution in [1.82, 2.24) is 0 Å². The molecule has 0 aliphatic carbocycles. The largest absolute Gasteiger partial charge is 0.300 e. The van der Waals surface area contributed by atoms with Gasteiger partial charge in [-0.1, -0.05) is 0 Å². The summed E-state index contributed by atoms with van der Waals surface area (Å²) in [5.41, 5.74) is 0. The number of ketones is 1. The number of rotatable bonds is 5. The SMILES string of the molecule is CC(=O)CCCCc1cc2sccc2s1. The molecule has 0 spiro atoms. The van der Waals surface area contributed by atoms with E-state index in [2.05, 4.69) is 17.5 Å². The molecule has 0 aliphatic heterocycles. The van der Waals surface area contributed by atoms with Crippen molar-refractivity contribution in [3.63, 3.8) is 0 Å². The van der Waals surface area contributed by atoms with Gasteiger partial charge in [0.25, 0.3) is 0 Å². The first kappa shape index (κ1) is 10.8. The number of aryl methyl sites for hydroxylation is 1. The molecule has 0 unspecified atom stereocenters. The van der Waals surface area contributed by atoms with E-state index in [0.717, 1.165) is 25.7 Å². The molecule has 0 atom stereocenters. The highest BCUT2D eigenvalue weighted by Crippen LogP contribution is 2.30. The van der Waals surface area contributed by atoms with Gasteiger partial charge in [0.15, 0.2) is 0 Å². The molecule has 80 valence electrons. The zero-order valence-electron chi connectivity index (χ0n) is 8.79. The molecule has 2 aromatic rings. The minimum atomic E-state index is 0.308. The molecule has 0 saturated heterocycles. The number of hydrogen-bond acceptors (Lipinski definition) is 3. The first-order valence-corrected chi connectivity index (χ1v) is 6.90. The number of carbonyl (C=O) groups excluding carboxylic acids is 1. The molecule has 0 bridgehead atoms. The molecule has 0 fully saturated rings. The van der Waals surface area contributed by atoms with E-state index in [1.165, 1.54) is 14.3 Å². The van der Waals surface area contributed by atoms with Crippen LogP contribution in [0.25, 0.3) is 9.40 Å². The fraction of sp³-hybridized carbons (Fsp3) is 0.417. The highest BCUT2D eigenvalue weighted by molar-refractivity contribution is 7.26. The number of fused-ring (bicyclic) bond motifs is 1. The summed E-state index contributed by atoms with van der Waals surface area (Å²) in [6.45, 7) is 1.67. The fourth-order valence-electron chi connectivity index (χ4n) is 1.61. The van der Waals surface area contributed by atoms with Crippen LogP contribution in [0.1, 0.15) is 31.1 Å². The monoisotopic (exact) mass is 238 g/mol. The average molecular weight is 238 g/mol. The Balaban J connectivity index is 1.84.